The minimum Gasteiger partial charge on any atom is -0.466 e. The van der Waals surface area contributed by atoms with Gasteiger partial charge in [0, 0.05) is 12.8 Å². The number of carbonyl (C=O) groups is 2. The molecule has 1 aromatic rings. The molecule has 0 unspecified atom stereocenters. The number of hydrogen-bond donors (Lipinski definition) is 0. The molecule has 0 aliphatic heterocycles. The maximum Gasteiger partial charge on any atom is 0.306 e. The second-order valence-corrected chi connectivity index (χ2v) is 6.11. The average Bonchev–Trinajstić information content (AvgIpc) is 2.56. The predicted octanol–water partition coefficient (Wildman–Crippen LogP) is 4.39. The van der Waals surface area contributed by atoms with Crippen LogP contribution in [0.3, 0.4) is 0 Å². The largest absolute Gasteiger partial charge is 0.466 e. The fourth-order valence-electron chi connectivity index (χ4n) is 2.09. The van der Waals surface area contributed by atoms with Crippen molar-refractivity contribution in [3.05, 3.63) is 42.0 Å². The molecule has 132 valence electrons. The Morgan fingerprint density at radius 2 is 1.67 bits per heavy atom. The highest BCUT2D eigenvalue weighted by Crippen LogP contribution is 2.05. The number of esters is 2. The lowest BCUT2D eigenvalue weighted by Gasteiger charge is -2.06. The number of rotatable bonds is 11. The van der Waals surface area contributed by atoms with Gasteiger partial charge in [0.1, 0.15) is 6.61 Å². The van der Waals surface area contributed by atoms with Crippen LogP contribution >= 0.6 is 0 Å². The summed E-state index contributed by atoms with van der Waals surface area (Å²) in [4.78, 5) is 23.1. The van der Waals surface area contributed by atoms with Gasteiger partial charge in [-0.2, -0.15) is 0 Å². The SMILES string of the molecule is CC(C)CCCOC(=O)CCCC(=O)OC/C=C/c1ccccc1. The van der Waals surface area contributed by atoms with Gasteiger partial charge < -0.3 is 9.47 Å². The molecule has 0 amide bonds. The maximum atomic E-state index is 11.6. The molecule has 0 radical (unpaired) electrons. The summed E-state index contributed by atoms with van der Waals surface area (Å²) in [7, 11) is 0. The van der Waals surface area contributed by atoms with E-state index in [9.17, 15) is 9.59 Å². The maximum absolute atomic E-state index is 11.6. The van der Waals surface area contributed by atoms with Crippen LogP contribution in [0, 0.1) is 5.92 Å². The van der Waals surface area contributed by atoms with E-state index in [4.69, 9.17) is 9.47 Å². The first-order valence-electron chi connectivity index (χ1n) is 8.60. The molecule has 0 aliphatic rings. The molecule has 0 aromatic heterocycles. The van der Waals surface area contributed by atoms with Crippen molar-refractivity contribution in [3.63, 3.8) is 0 Å². The van der Waals surface area contributed by atoms with Gasteiger partial charge in [-0.05, 0) is 36.8 Å². The quantitative estimate of drug-likeness (QED) is 0.445. The average molecular weight is 332 g/mol. The third-order valence-electron chi connectivity index (χ3n) is 3.40. The molecule has 0 N–H and O–H groups in total. The first-order valence-corrected chi connectivity index (χ1v) is 8.60. The molecule has 0 spiro atoms. The van der Waals surface area contributed by atoms with Gasteiger partial charge >= 0.3 is 11.9 Å². The van der Waals surface area contributed by atoms with E-state index in [0.717, 1.165) is 18.4 Å². The van der Waals surface area contributed by atoms with E-state index >= 15 is 0 Å². The monoisotopic (exact) mass is 332 g/mol. The molecule has 0 atom stereocenters. The Morgan fingerprint density at radius 1 is 1.00 bits per heavy atom. The number of benzene rings is 1. The first kappa shape index (κ1) is 19.9. The highest BCUT2D eigenvalue weighted by atomic mass is 16.5. The second-order valence-electron chi connectivity index (χ2n) is 6.11. The van der Waals surface area contributed by atoms with Crippen LogP contribution in [0.5, 0.6) is 0 Å². The van der Waals surface area contributed by atoms with Crippen LogP contribution in [0.2, 0.25) is 0 Å². The Hall–Kier alpha value is -2.10. The number of carbonyl (C=O) groups excluding carboxylic acids is 2. The van der Waals surface area contributed by atoms with Crippen molar-refractivity contribution in [2.75, 3.05) is 13.2 Å². The normalized spacial score (nSPS) is 11.0. The summed E-state index contributed by atoms with van der Waals surface area (Å²) in [5.41, 5.74) is 1.06. The van der Waals surface area contributed by atoms with E-state index in [1.165, 1.54) is 0 Å². The van der Waals surface area contributed by atoms with E-state index in [-0.39, 0.29) is 31.4 Å². The Morgan fingerprint density at radius 3 is 2.33 bits per heavy atom. The molecule has 0 saturated heterocycles. The molecular formula is C20H28O4. The number of hydrogen-bond acceptors (Lipinski definition) is 4. The molecule has 0 heterocycles. The van der Waals surface area contributed by atoms with E-state index in [1.54, 1.807) is 6.08 Å². The third-order valence-corrected chi connectivity index (χ3v) is 3.40. The lowest BCUT2D eigenvalue weighted by atomic mass is 10.1. The zero-order chi connectivity index (χ0) is 17.6. The Bertz CT molecular complexity index is 506. The van der Waals surface area contributed by atoms with Gasteiger partial charge in [-0.1, -0.05) is 50.3 Å². The zero-order valence-corrected chi connectivity index (χ0v) is 14.7. The summed E-state index contributed by atoms with van der Waals surface area (Å²) >= 11 is 0. The van der Waals surface area contributed by atoms with E-state index in [1.807, 2.05) is 36.4 Å². The Labute approximate surface area is 144 Å². The fourth-order valence-corrected chi connectivity index (χ4v) is 2.09. The van der Waals surface area contributed by atoms with Gasteiger partial charge in [-0.25, -0.2) is 0 Å². The van der Waals surface area contributed by atoms with Crippen LogP contribution < -0.4 is 0 Å². The molecule has 4 nitrogen and oxygen atoms in total. The summed E-state index contributed by atoms with van der Waals surface area (Å²) < 4.78 is 10.2. The van der Waals surface area contributed by atoms with Crippen LogP contribution in [-0.4, -0.2) is 25.2 Å². The summed E-state index contributed by atoms with van der Waals surface area (Å²) in [5.74, 6) is 0.0882. The molecule has 24 heavy (non-hydrogen) atoms. The van der Waals surface area contributed by atoms with E-state index < -0.39 is 0 Å². The van der Waals surface area contributed by atoms with Crippen LogP contribution in [0.4, 0.5) is 0 Å². The minimum absolute atomic E-state index is 0.236. The highest BCUT2D eigenvalue weighted by molar-refractivity contribution is 5.72. The standard InChI is InChI=1S/C20H28O4/c1-17(2)9-7-15-23-19(21)13-6-14-20(22)24-16-8-12-18-10-4-3-5-11-18/h3-5,8,10-12,17H,6-7,9,13-16H2,1-2H3/b12-8+. The molecule has 1 rings (SSSR count). The number of ether oxygens (including phenoxy) is 2. The van der Waals surface area contributed by atoms with Crippen LogP contribution in [0.15, 0.2) is 36.4 Å². The predicted molar refractivity (Wildman–Crippen MR) is 95.3 cm³/mol. The van der Waals surface area contributed by atoms with Crippen molar-refractivity contribution in [2.45, 2.75) is 46.0 Å². The van der Waals surface area contributed by atoms with Crippen molar-refractivity contribution < 1.29 is 19.1 Å². The molecule has 0 fully saturated rings. The molecule has 4 heteroatoms. The van der Waals surface area contributed by atoms with Gasteiger partial charge in [0.2, 0.25) is 0 Å². The summed E-state index contributed by atoms with van der Waals surface area (Å²) in [6.07, 6.45) is 6.61. The lowest BCUT2D eigenvalue weighted by molar-refractivity contribution is -0.145. The highest BCUT2D eigenvalue weighted by Gasteiger charge is 2.07. The first-order chi connectivity index (χ1) is 11.6. The molecule has 0 aliphatic carbocycles. The van der Waals surface area contributed by atoms with Crippen molar-refractivity contribution >= 4 is 18.0 Å². The van der Waals surface area contributed by atoms with Crippen molar-refractivity contribution in [1.29, 1.82) is 0 Å². The van der Waals surface area contributed by atoms with Gasteiger partial charge in [0.05, 0.1) is 6.61 Å². The van der Waals surface area contributed by atoms with Crippen LogP contribution in [-0.2, 0) is 19.1 Å². The van der Waals surface area contributed by atoms with Gasteiger partial charge in [-0.3, -0.25) is 9.59 Å². The fraction of sp³-hybridized carbons (Fsp3) is 0.500. The molecule has 0 bridgehead atoms. The summed E-state index contributed by atoms with van der Waals surface area (Å²) in [5, 5.41) is 0. The molecular weight excluding hydrogens is 304 g/mol. The van der Waals surface area contributed by atoms with Gasteiger partial charge in [0.25, 0.3) is 0 Å². The zero-order valence-electron chi connectivity index (χ0n) is 14.7. The summed E-state index contributed by atoms with van der Waals surface area (Å²) in [6.45, 7) is 4.99. The second kappa shape index (κ2) is 12.3. The van der Waals surface area contributed by atoms with Crippen LogP contribution in [0.1, 0.15) is 51.5 Å². The minimum atomic E-state index is -0.291. The van der Waals surface area contributed by atoms with Gasteiger partial charge in [0.15, 0.2) is 0 Å². The summed E-state index contributed by atoms with van der Waals surface area (Å²) in [6, 6.07) is 9.81. The third kappa shape index (κ3) is 10.6. The van der Waals surface area contributed by atoms with Crippen LogP contribution in [0.25, 0.3) is 6.08 Å². The Kier molecular flexibility index (Phi) is 10.3. The van der Waals surface area contributed by atoms with E-state index in [0.29, 0.717) is 18.9 Å². The van der Waals surface area contributed by atoms with Crippen molar-refractivity contribution in [3.8, 4) is 0 Å². The Balaban J connectivity index is 2.03. The molecule has 1 aromatic carbocycles. The topological polar surface area (TPSA) is 52.6 Å². The smallest absolute Gasteiger partial charge is 0.306 e. The molecule has 0 saturated carbocycles. The van der Waals surface area contributed by atoms with Gasteiger partial charge in [-0.15, -0.1) is 0 Å². The lowest BCUT2D eigenvalue weighted by Crippen LogP contribution is -2.09. The van der Waals surface area contributed by atoms with Crippen molar-refractivity contribution in [2.24, 2.45) is 5.92 Å². The van der Waals surface area contributed by atoms with E-state index in [2.05, 4.69) is 13.8 Å². The van der Waals surface area contributed by atoms with Crippen molar-refractivity contribution in [1.82, 2.24) is 0 Å².